The van der Waals surface area contributed by atoms with Gasteiger partial charge in [0.15, 0.2) is 0 Å². The monoisotopic (exact) mass is 87.1 g/mol. The highest BCUT2D eigenvalue weighted by Crippen LogP contribution is 1.94. The first-order valence-corrected chi connectivity index (χ1v) is 1.68. The molecule has 6 heavy (non-hydrogen) atoms. The van der Waals surface area contributed by atoms with Crippen LogP contribution in [0.25, 0.3) is 0 Å². The van der Waals surface area contributed by atoms with Crippen molar-refractivity contribution in [2.45, 2.75) is 20.2 Å². The van der Waals surface area contributed by atoms with Gasteiger partial charge in [0, 0.05) is 11.9 Å². The van der Waals surface area contributed by atoms with Gasteiger partial charge < -0.3 is 0 Å². The van der Waals surface area contributed by atoms with E-state index in [0.717, 1.165) is 0 Å². The van der Waals surface area contributed by atoms with Crippen molar-refractivity contribution < 1.29 is 5.48 Å². The average Bonchev–Trinajstić information content (AvgIpc) is 1.61. The van der Waals surface area contributed by atoms with E-state index in [0.29, 0.717) is 0 Å². The van der Waals surface area contributed by atoms with E-state index in [9.17, 15) is 0 Å². The maximum atomic E-state index is 8.15. The molecule has 1 atom stereocenters. The molecule has 0 rings (SSSR count). The molecule has 0 heterocycles. The predicted molar refractivity (Wildman–Crippen MR) is 25.1 cm³/mol. The van der Waals surface area contributed by atoms with E-state index in [1.165, 1.54) is 6.92 Å². The van der Waals surface area contributed by atoms with Gasteiger partial charge in [0.1, 0.15) is 0 Å². The second-order valence-electron chi connectivity index (χ2n) is 1.12. The summed E-state index contributed by atoms with van der Waals surface area (Å²) in [6.07, 6.45) is -0.260. The van der Waals surface area contributed by atoms with Crippen LogP contribution in [-0.4, -0.2) is 0 Å². The fourth-order valence-electron chi connectivity index (χ4n) is 0.119. The second kappa shape index (κ2) is 2.71. The molecule has 0 bridgehead atoms. The molecule has 0 radical (unpaired) electrons. The van der Waals surface area contributed by atoms with Gasteiger partial charge in [0.25, 0.3) is 0 Å². The minimum absolute atomic E-state index is 0.260. The molecule has 0 saturated heterocycles. The molecule has 0 aliphatic carbocycles. The summed E-state index contributed by atoms with van der Waals surface area (Å²) in [6, 6.07) is 1.67. The van der Waals surface area contributed by atoms with Crippen LogP contribution in [0.3, 0.4) is 0 Å². The van der Waals surface area contributed by atoms with Gasteiger partial charge in [-0.05, 0) is 5.89 Å². The van der Waals surface area contributed by atoms with E-state index >= 15 is 0 Å². The van der Waals surface area contributed by atoms with E-state index in [4.69, 9.17) is 10.7 Å². The normalized spacial score (nSPS) is 30.0. The Balaban J connectivity index is 4.28. The fourth-order valence-corrected chi connectivity index (χ4v) is 0.119. The Labute approximate surface area is 44.2 Å². The first-order valence-electron chi connectivity index (χ1n) is 3.68. The molecule has 0 N–H and O–H groups in total. The van der Waals surface area contributed by atoms with Gasteiger partial charge in [-0.25, -0.2) is 0 Å². The Morgan fingerprint density at radius 3 is 3.17 bits per heavy atom. The quantitative estimate of drug-likeness (QED) is 0.476. The Kier molecular flexibility index (Phi) is 0.694. The highest BCUT2D eigenvalue weighted by Gasteiger charge is 1.85. The smallest absolute Gasteiger partial charge is 0.0624 e. The van der Waals surface area contributed by atoms with Crippen molar-refractivity contribution in [1.82, 2.24) is 0 Å². The van der Waals surface area contributed by atoms with Crippen LogP contribution in [0.1, 0.15) is 25.7 Å². The van der Waals surface area contributed by atoms with Gasteiger partial charge in [-0.1, -0.05) is 13.8 Å². The SMILES string of the molecule is [2H]C([2H])([2H])C([2H])(C)CC#N. The molecule has 1 unspecified atom stereocenters. The minimum Gasteiger partial charge on any atom is -0.198 e. The van der Waals surface area contributed by atoms with Crippen molar-refractivity contribution in [3.05, 3.63) is 0 Å². The molecular weight excluding hydrogens is 74.1 g/mol. The van der Waals surface area contributed by atoms with Crippen molar-refractivity contribution in [1.29, 1.82) is 5.26 Å². The molecule has 0 aromatic carbocycles. The number of hydrogen-bond acceptors (Lipinski definition) is 1. The van der Waals surface area contributed by atoms with Crippen LogP contribution in [0.5, 0.6) is 0 Å². The molecule has 0 amide bonds. The summed E-state index contributed by atoms with van der Waals surface area (Å²) in [5.41, 5.74) is 0. The molecule has 0 aliphatic heterocycles. The first-order chi connectivity index (χ1) is 4.31. The summed E-state index contributed by atoms with van der Waals surface area (Å²) in [4.78, 5) is 0. The molecule has 0 saturated carbocycles. The summed E-state index contributed by atoms with van der Waals surface area (Å²) >= 11 is 0. The van der Waals surface area contributed by atoms with Crippen molar-refractivity contribution in [2.75, 3.05) is 0 Å². The van der Waals surface area contributed by atoms with Gasteiger partial charge in [0.2, 0.25) is 0 Å². The van der Waals surface area contributed by atoms with Gasteiger partial charge in [-0.3, -0.25) is 0 Å². The fraction of sp³-hybridized carbons (Fsp3) is 0.800. The maximum absolute atomic E-state index is 8.15. The van der Waals surface area contributed by atoms with Crippen LogP contribution >= 0.6 is 0 Å². The highest BCUT2D eigenvalue weighted by atomic mass is 14.2. The van der Waals surface area contributed by atoms with Gasteiger partial charge in [-0.2, -0.15) is 5.26 Å². The van der Waals surface area contributed by atoms with Crippen LogP contribution < -0.4 is 0 Å². The summed E-state index contributed by atoms with van der Waals surface area (Å²) in [7, 11) is 0. The zero-order chi connectivity index (χ0) is 8.41. The van der Waals surface area contributed by atoms with Crippen LogP contribution in [0, 0.1) is 17.2 Å². The lowest BCUT2D eigenvalue weighted by Crippen LogP contribution is -1.79. The first kappa shape index (κ1) is 1.54. The summed E-state index contributed by atoms with van der Waals surface area (Å²) in [6.45, 7) is -1.12. The van der Waals surface area contributed by atoms with Crippen LogP contribution in [-0.2, 0) is 0 Å². The third-order valence-electron chi connectivity index (χ3n) is 0.344. The summed E-state index contributed by atoms with van der Waals surface area (Å²) in [5.74, 6) is -1.62. The van der Waals surface area contributed by atoms with E-state index in [1.54, 1.807) is 6.07 Å². The Morgan fingerprint density at radius 1 is 2.33 bits per heavy atom. The molecule has 0 aromatic rings. The van der Waals surface area contributed by atoms with Gasteiger partial charge >= 0.3 is 0 Å². The minimum atomic E-state index is -2.36. The third kappa shape index (κ3) is 3.49. The van der Waals surface area contributed by atoms with Crippen LogP contribution in [0.15, 0.2) is 0 Å². The van der Waals surface area contributed by atoms with E-state index in [-0.39, 0.29) is 6.42 Å². The van der Waals surface area contributed by atoms with Crippen molar-refractivity contribution >= 4 is 0 Å². The molecule has 0 fully saturated rings. The van der Waals surface area contributed by atoms with Crippen molar-refractivity contribution in [2.24, 2.45) is 5.89 Å². The molecule has 0 aromatic heterocycles. The van der Waals surface area contributed by atoms with Crippen LogP contribution in [0.2, 0.25) is 0 Å². The van der Waals surface area contributed by atoms with Crippen molar-refractivity contribution in [3.8, 4) is 6.07 Å². The van der Waals surface area contributed by atoms with E-state index in [1.807, 2.05) is 0 Å². The lowest BCUT2D eigenvalue weighted by Gasteiger charge is -1.88. The zero-order valence-electron chi connectivity index (χ0n) is 7.65. The molecule has 1 heteroatoms. The number of hydrogen-bond donors (Lipinski definition) is 0. The summed E-state index contributed by atoms with van der Waals surface area (Å²) in [5, 5.41) is 8.15. The van der Waals surface area contributed by atoms with Crippen LogP contribution in [0.4, 0.5) is 0 Å². The number of nitrogens with zero attached hydrogens (tertiary/aromatic N) is 1. The van der Waals surface area contributed by atoms with Crippen molar-refractivity contribution in [3.63, 3.8) is 0 Å². The number of nitriles is 1. The largest absolute Gasteiger partial charge is 0.198 e. The molecule has 34 valence electrons. The average molecular weight is 87.2 g/mol. The Hall–Kier alpha value is -0.510. The molecule has 0 aliphatic rings. The molecule has 1 nitrogen and oxygen atoms in total. The third-order valence-corrected chi connectivity index (χ3v) is 0.344. The molecule has 0 spiro atoms. The highest BCUT2D eigenvalue weighted by molar-refractivity contribution is 4.69. The summed E-state index contributed by atoms with van der Waals surface area (Å²) < 4.78 is 27.7. The number of rotatable bonds is 1. The topological polar surface area (TPSA) is 23.8 Å². The van der Waals surface area contributed by atoms with Gasteiger partial charge in [0.05, 0.1) is 6.07 Å². The molecular formula is C5H9N. The maximum Gasteiger partial charge on any atom is 0.0624 e. The van der Waals surface area contributed by atoms with E-state index in [2.05, 4.69) is 0 Å². The predicted octanol–water partition coefficient (Wildman–Crippen LogP) is 1.56. The second-order valence-corrected chi connectivity index (χ2v) is 1.12. The Morgan fingerprint density at radius 2 is 3.00 bits per heavy atom. The van der Waals surface area contributed by atoms with Gasteiger partial charge in [-0.15, -0.1) is 0 Å². The lowest BCUT2D eigenvalue weighted by atomic mass is 10.2. The zero-order valence-corrected chi connectivity index (χ0v) is 3.65. The Bertz CT molecular complexity index is 152. The standard InChI is InChI=1S/C5H9N/c1-5(2)3-4-6/h5H,3H2,1-2H3/i1D3,5D. The lowest BCUT2D eigenvalue weighted by molar-refractivity contribution is 0.671. The van der Waals surface area contributed by atoms with E-state index < -0.39 is 12.7 Å².